The Balaban J connectivity index is 1.97. The highest BCUT2D eigenvalue weighted by atomic mass is 16.5. The molecule has 1 saturated carbocycles. The lowest BCUT2D eigenvalue weighted by Crippen LogP contribution is -2.49. The molecule has 2 atom stereocenters. The van der Waals surface area contributed by atoms with Crippen molar-refractivity contribution in [1.82, 2.24) is 0 Å². The summed E-state index contributed by atoms with van der Waals surface area (Å²) >= 11 is 0. The fourth-order valence-electron chi connectivity index (χ4n) is 2.43. The number of hydrogen-bond donors (Lipinski definition) is 1. The molecule has 1 saturated heterocycles. The number of nitrogens with two attached hydrogens (primary N) is 1. The zero-order valence-electron chi connectivity index (χ0n) is 7.88. The van der Waals surface area contributed by atoms with Crippen LogP contribution in [-0.2, 0) is 4.74 Å². The van der Waals surface area contributed by atoms with Gasteiger partial charge in [-0.15, -0.1) is 0 Å². The van der Waals surface area contributed by atoms with E-state index in [1.807, 2.05) is 0 Å². The Bertz CT molecular complexity index is 167. The van der Waals surface area contributed by atoms with E-state index >= 15 is 0 Å². The SMILES string of the molecule is CC1(C2CCC2)CC(N)CCO1. The van der Waals surface area contributed by atoms with Crippen LogP contribution in [0.3, 0.4) is 0 Å². The predicted octanol–water partition coefficient (Wildman–Crippen LogP) is 1.68. The standard InChI is InChI=1S/C10H19NO/c1-10(8-3-2-4-8)7-9(11)5-6-12-10/h8-9H,2-7,11H2,1H3. The van der Waals surface area contributed by atoms with E-state index in [2.05, 4.69) is 6.92 Å². The molecule has 0 aromatic carbocycles. The summed E-state index contributed by atoms with van der Waals surface area (Å²) in [6.07, 6.45) is 6.20. The van der Waals surface area contributed by atoms with Crippen LogP contribution < -0.4 is 5.73 Å². The lowest BCUT2D eigenvalue weighted by molar-refractivity contribution is -0.127. The fourth-order valence-corrected chi connectivity index (χ4v) is 2.43. The molecule has 2 heteroatoms. The molecule has 2 rings (SSSR count). The fraction of sp³-hybridized carbons (Fsp3) is 1.00. The first kappa shape index (κ1) is 8.52. The molecule has 2 fully saturated rings. The molecule has 2 N–H and O–H groups in total. The van der Waals surface area contributed by atoms with Crippen LogP contribution in [0.4, 0.5) is 0 Å². The van der Waals surface area contributed by atoms with Gasteiger partial charge < -0.3 is 10.5 Å². The Kier molecular flexibility index (Phi) is 2.13. The van der Waals surface area contributed by atoms with Crippen LogP contribution in [-0.4, -0.2) is 18.2 Å². The van der Waals surface area contributed by atoms with Gasteiger partial charge in [-0.3, -0.25) is 0 Å². The van der Waals surface area contributed by atoms with E-state index in [0.29, 0.717) is 6.04 Å². The average molecular weight is 169 g/mol. The van der Waals surface area contributed by atoms with Gasteiger partial charge in [-0.05, 0) is 38.5 Å². The number of ether oxygens (including phenoxy) is 1. The minimum atomic E-state index is 0.121. The Morgan fingerprint density at radius 2 is 2.08 bits per heavy atom. The lowest BCUT2D eigenvalue weighted by atomic mass is 9.70. The van der Waals surface area contributed by atoms with Crippen molar-refractivity contribution in [2.75, 3.05) is 6.61 Å². The quantitative estimate of drug-likeness (QED) is 0.648. The van der Waals surface area contributed by atoms with Gasteiger partial charge >= 0.3 is 0 Å². The summed E-state index contributed by atoms with van der Waals surface area (Å²) in [6, 6.07) is 0.379. The van der Waals surface area contributed by atoms with Gasteiger partial charge in [0.05, 0.1) is 5.60 Å². The topological polar surface area (TPSA) is 35.2 Å². The molecular weight excluding hydrogens is 150 g/mol. The third-order valence-electron chi connectivity index (χ3n) is 3.56. The second-order valence-corrected chi connectivity index (χ2v) is 4.54. The van der Waals surface area contributed by atoms with Crippen molar-refractivity contribution in [3.05, 3.63) is 0 Å². The summed E-state index contributed by atoms with van der Waals surface area (Å²) in [5.41, 5.74) is 6.07. The monoisotopic (exact) mass is 169 g/mol. The van der Waals surface area contributed by atoms with Crippen LogP contribution in [0.5, 0.6) is 0 Å². The van der Waals surface area contributed by atoms with Gasteiger partial charge in [-0.25, -0.2) is 0 Å². The van der Waals surface area contributed by atoms with E-state index in [0.717, 1.165) is 25.4 Å². The smallest absolute Gasteiger partial charge is 0.0697 e. The van der Waals surface area contributed by atoms with E-state index < -0.39 is 0 Å². The van der Waals surface area contributed by atoms with Crippen LogP contribution in [0.1, 0.15) is 39.0 Å². The first-order valence-corrected chi connectivity index (χ1v) is 5.10. The van der Waals surface area contributed by atoms with Crippen molar-refractivity contribution in [2.24, 2.45) is 11.7 Å². The van der Waals surface area contributed by atoms with Crippen molar-refractivity contribution in [2.45, 2.75) is 50.7 Å². The largest absolute Gasteiger partial charge is 0.375 e. The van der Waals surface area contributed by atoms with Crippen molar-refractivity contribution < 1.29 is 4.74 Å². The molecule has 0 bridgehead atoms. The van der Waals surface area contributed by atoms with E-state index in [9.17, 15) is 0 Å². The summed E-state index contributed by atoms with van der Waals surface area (Å²) < 4.78 is 5.86. The Hall–Kier alpha value is -0.0800. The van der Waals surface area contributed by atoms with Crippen LogP contribution in [0.15, 0.2) is 0 Å². The van der Waals surface area contributed by atoms with Crippen LogP contribution >= 0.6 is 0 Å². The zero-order chi connectivity index (χ0) is 8.60. The van der Waals surface area contributed by atoms with Gasteiger partial charge in [0.1, 0.15) is 0 Å². The highest BCUT2D eigenvalue weighted by Crippen LogP contribution is 2.42. The molecule has 0 amide bonds. The van der Waals surface area contributed by atoms with Gasteiger partial charge in [0, 0.05) is 12.6 Å². The number of rotatable bonds is 1. The second-order valence-electron chi connectivity index (χ2n) is 4.54. The molecule has 1 aliphatic heterocycles. The van der Waals surface area contributed by atoms with Gasteiger partial charge in [-0.2, -0.15) is 0 Å². The summed E-state index contributed by atoms with van der Waals surface area (Å²) in [5, 5.41) is 0. The Labute approximate surface area is 74.5 Å². The van der Waals surface area contributed by atoms with Gasteiger partial charge in [-0.1, -0.05) is 6.42 Å². The zero-order valence-corrected chi connectivity index (χ0v) is 7.88. The maximum atomic E-state index is 5.95. The third kappa shape index (κ3) is 1.38. The third-order valence-corrected chi connectivity index (χ3v) is 3.56. The molecule has 1 heterocycles. The average Bonchev–Trinajstić information content (AvgIpc) is 1.79. The predicted molar refractivity (Wildman–Crippen MR) is 48.9 cm³/mol. The molecule has 0 radical (unpaired) electrons. The second kappa shape index (κ2) is 3.00. The van der Waals surface area contributed by atoms with Crippen molar-refractivity contribution >= 4 is 0 Å². The van der Waals surface area contributed by atoms with Gasteiger partial charge in [0.2, 0.25) is 0 Å². The molecule has 2 unspecified atom stereocenters. The molecule has 2 nitrogen and oxygen atoms in total. The molecule has 12 heavy (non-hydrogen) atoms. The van der Waals surface area contributed by atoms with Crippen LogP contribution in [0, 0.1) is 5.92 Å². The normalized spacial score (nSPS) is 44.0. The Morgan fingerprint density at radius 1 is 1.33 bits per heavy atom. The van der Waals surface area contributed by atoms with Crippen LogP contribution in [0.25, 0.3) is 0 Å². The minimum Gasteiger partial charge on any atom is -0.375 e. The number of hydrogen-bond acceptors (Lipinski definition) is 2. The molecule has 1 aliphatic carbocycles. The first-order valence-electron chi connectivity index (χ1n) is 5.10. The lowest BCUT2D eigenvalue weighted by Gasteiger charge is -2.46. The van der Waals surface area contributed by atoms with E-state index in [1.54, 1.807) is 0 Å². The molecule has 2 aliphatic rings. The summed E-state index contributed by atoms with van der Waals surface area (Å²) in [6.45, 7) is 3.12. The summed E-state index contributed by atoms with van der Waals surface area (Å²) in [4.78, 5) is 0. The van der Waals surface area contributed by atoms with Crippen LogP contribution in [0.2, 0.25) is 0 Å². The van der Waals surface area contributed by atoms with E-state index in [1.165, 1.54) is 19.3 Å². The van der Waals surface area contributed by atoms with E-state index in [4.69, 9.17) is 10.5 Å². The maximum Gasteiger partial charge on any atom is 0.0697 e. The Morgan fingerprint density at radius 3 is 2.58 bits per heavy atom. The molecule has 70 valence electrons. The van der Waals surface area contributed by atoms with Gasteiger partial charge in [0.25, 0.3) is 0 Å². The molecular formula is C10H19NO. The van der Waals surface area contributed by atoms with Crippen molar-refractivity contribution in [3.8, 4) is 0 Å². The first-order chi connectivity index (χ1) is 5.71. The highest BCUT2D eigenvalue weighted by Gasteiger charge is 2.41. The van der Waals surface area contributed by atoms with Crippen molar-refractivity contribution in [1.29, 1.82) is 0 Å². The van der Waals surface area contributed by atoms with E-state index in [-0.39, 0.29) is 5.60 Å². The van der Waals surface area contributed by atoms with Crippen molar-refractivity contribution in [3.63, 3.8) is 0 Å². The minimum absolute atomic E-state index is 0.121. The summed E-state index contributed by atoms with van der Waals surface area (Å²) in [7, 11) is 0. The maximum absolute atomic E-state index is 5.95. The van der Waals surface area contributed by atoms with Gasteiger partial charge in [0.15, 0.2) is 0 Å². The molecule has 0 spiro atoms. The highest BCUT2D eigenvalue weighted by molar-refractivity contribution is 4.94. The summed E-state index contributed by atoms with van der Waals surface area (Å²) in [5.74, 6) is 0.795. The molecule has 0 aromatic rings. The molecule has 0 aromatic heterocycles.